The number of halogens is 1. The number of ether oxygens (including phenoxy) is 1. The Balaban J connectivity index is 1.29. The zero-order valence-corrected chi connectivity index (χ0v) is 23.7. The number of hydrogen-bond donors (Lipinski definition) is 2. The third-order valence-electron chi connectivity index (χ3n) is 8.36. The first-order chi connectivity index (χ1) is 18.8. The molecule has 6 rings (SSSR count). The second kappa shape index (κ2) is 10.7. The van der Waals surface area contributed by atoms with Crippen molar-refractivity contribution < 1.29 is 14.4 Å². The van der Waals surface area contributed by atoms with E-state index in [4.69, 9.17) is 30.8 Å². The van der Waals surface area contributed by atoms with E-state index in [9.17, 15) is 5.11 Å². The topological polar surface area (TPSA) is 99.8 Å². The molecule has 1 aromatic carbocycles. The van der Waals surface area contributed by atoms with Gasteiger partial charge in [0.15, 0.2) is 5.82 Å². The number of piperidine rings is 1. The molecule has 0 radical (unpaired) electrons. The number of aryl methyl sites for hydroxylation is 2. The van der Waals surface area contributed by atoms with Crippen molar-refractivity contribution in [3.8, 4) is 28.4 Å². The van der Waals surface area contributed by atoms with Gasteiger partial charge < -0.3 is 29.5 Å². The van der Waals surface area contributed by atoms with E-state index in [-0.39, 0.29) is 6.61 Å². The summed E-state index contributed by atoms with van der Waals surface area (Å²) >= 11 is 6.68. The Morgan fingerprint density at radius 1 is 1.18 bits per heavy atom. The van der Waals surface area contributed by atoms with Gasteiger partial charge in [-0.3, -0.25) is 0 Å². The Hall–Kier alpha value is -2.72. The van der Waals surface area contributed by atoms with Crippen LogP contribution >= 0.6 is 11.6 Å². The average molecular weight is 553 g/mol. The molecule has 0 amide bonds. The molecular weight excluding hydrogens is 516 g/mol. The SMILES string of the molecule is CNC[C@H](O)COc1ccc(Cl)c(-c2nc(-c3c(C)noc3C)cc(N3CC4(CCN(C5CC5)CC4)C3)n2)c1. The normalized spacial score (nSPS) is 19.8. The molecule has 2 N–H and O–H groups in total. The molecular formula is C29H37ClN6O3. The molecule has 2 saturated heterocycles. The van der Waals surface area contributed by atoms with Crippen LogP contribution in [0.1, 0.15) is 37.1 Å². The highest BCUT2D eigenvalue weighted by molar-refractivity contribution is 6.33. The molecule has 208 valence electrons. The lowest BCUT2D eigenvalue weighted by Crippen LogP contribution is -2.61. The monoisotopic (exact) mass is 552 g/mol. The number of aliphatic hydroxyl groups excluding tert-OH is 1. The van der Waals surface area contributed by atoms with Crippen LogP contribution in [0.15, 0.2) is 28.8 Å². The summed E-state index contributed by atoms with van der Waals surface area (Å²) in [5, 5.41) is 17.7. The molecule has 9 nitrogen and oxygen atoms in total. The Morgan fingerprint density at radius 3 is 2.62 bits per heavy atom. The zero-order chi connectivity index (χ0) is 27.1. The fraction of sp³-hybridized carbons (Fsp3) is 0.552. The van der Waals surface area contributed by atoms with Gasteiger partial charge in [-0.25, -0.2) is 9.97 Å². The molecule has 2 aliphatic heterocycles. The fourth-order valence-electron chi connectivity index (χ4n) is 5.99. The van der Waals surface area contributed by atoms with E-state index in [0.717, 1.165) is 47.7 Å². The molecule has 39 heavy (non-hydrogen) atoms. The summed E-state index contributed by atoms with van der Waals surface area (Å²) in [6.45, 7) is 8.88. The summed E-state index contributed by atoms with van der Waals surface area (Å²) in [4.78, 5) is 15.0. The van der Waals surface area contributed by atoms with Crippen molar-refractivity contribution in [2.24, 2.45) is 5.41 Å². The van der Waals surface area contributed by atoms with Crippen molar-refractivity contribution in [2.45, 2.75) is 51.7 Å². The van der Waals surface area contributed by atoms with Crippen LogP contribution in [-0.2, 0) is 0 Å². The summed E-state index contributed by atoms with van der Waals surface area (Å²) in [5.41, 5.74) is 3.49. The van der Waals surface area contributed by atoms with Crippen LogP contribution in [0.25, 0.3) is 22.6 Å². The Morgan fingerprint density at radius 2 is 1.95 bits per heavy atom. The van der Waals surface area contributed by atoms with Crippen molar-refractivity contribution in [3.05, 3.63) is 40.7 Å². The van der Waals surface area contributed by atoms with Gasteiger partial charge in [0.25, 0.3) is 0 Å². The first-order valence-electron chi connectivity index (χ1n) is 13.9. The first-order valence-corrected chi connectivity index (χ1v) is 14.3. The van der Waals surface area contributed by atoms with Crippen LogP contribution in [0.4, 0.5) is 5.82 Å². The summed E-state index contributed by atoms with van der Waals surface area (Å²) in [6, 6.07) is 8.32. The van der Waals surface area contributed by atoms with Crippen LogP contribution in [0, 0.1) is 19.3 Å². The first kappa shape index (κ1) is 26.5. The minimum absolute atomic E-state index is 0.168. The lowest BCUT2D eigenvalue weighted by atomic mass is 9.72. The van der Waals surface area contributed by atoms with Crippen molar-refractivity contribution in [3.63, 3.8) is 0 Å². The van der Waals surface area contributed by atoms with Crippen molar-refractivity contribution >= 4 is 17.4 Å². The maximum atomic E-state index is 10.1. The molecule has 3 fully saturated rings. The molecule has 1 saturated carbocycles. The molecule has 3 aromatic rings. The third kappa shape index (κ3) is 5.50. The molecule has 1 atom stereocenters. The number of benzene rings is 1. The number of nitrogens with one attached hydrogen (secondary N) is 1. The number of aliphatic hydroxyl groups is 1. The molecule has 10 heteroatoms. The summed E-state index contributed by atoms with van der Waals surface area (Å²) in [7, 11) is 1.79. The lowest BCUT2D eigenvalue weighted by Gasteiger charge is -2.54. The van der Waals surface area contributed by atoms with Crippen LogP contribution < -0.4 is 15.0 Å². The largest absolute Gasteiger partial charge is 0.491 e. The van der Waals surface area contributed by atoms with Gasteiger partial charge in [-0.15, -0.1) is 0 Å². The Labute approximate surface area is 234 Å². The van der Waals surface area contributed by atoms with Crippen molar-refractivity contribution in [1.29, 1.82) is 0 Å². The van der Waals surface area contributed by atoms with E-state index in [1.165, 1.54) is 38.8 Å². The van der Waals surface area contributed by atoms with Crippen LogP contribution in [0.2, 0.25) is 5.02 Å². The second-order valence-electron chi connectivity index (χ2n) is 11.4. The minimum atomic E-state index is -0.616. The fourth-order valence-corrected chi connectivity index (χ4v) is 6.19. The summed E-state index contributed by atoms with van der Waals surface area (Å²) in [5.74, 6) is 2.73. The molecule has 3 aliphatic rings. The molecule has 0 unspecified atom stereocenters. The van der Waals surface area contributed by atoms with Crippen LogP contribution in [0.5, 0.6) is 5.75 Å². The minimum Gasteiger partial charge on any atom is -0.491 e. The molecule has 0 bridgehead atoms. The van der Waals surface area contributed by atoms with E-state index in [1.807, 2.05) is 26.0 Å². The number of nitrogens with zero attached hydrogens (tertiary/aromatic N) is 5. The second-order valence-corrected chi connectivity index (χ2v) is 11.8. The highest BCUT2D eigenvalue weighted by atomic mass is 35.5. The van der Waals surface area contributed by atoms with E-state index >= 15 is 0 Å². The Kier molecular flexibility index (Phi) is 7.26. The highest BCUT2D eigenvalue weighted by Crippen LogP contribution is 2.45. The van der Waals surface area contributed by atoms with Crippen LogP contribution in [-0.4, -0.2) is 83.7 Å². The number of anilines is 1. The van der Waals surface area contributed by atoms with Crippen LogP contribution in [0.3, 0.4) is 0 Å². The van der Waals surface area contributed by atoms with Gasteiger partial charge in [-0.1, -0.05) is 16.8 Å². The Bertz CT molecular complexity index is 1310. The quantitative estimate of drug-likeness (QED) is 0.406. The van der Waals surface area contributed by atoms with Crippen molar-refractivity contribution in [1.82, 2.24) is 25.3 Å². The van der Waals surface area contributed by atoms with Gasteiger partial charge in [-0.05, 0) is 77.9 Å². The number of hydrogen-bond acceptors (Lipinski definition) is 9. The predicted molar refractivity (Wildman–Crippen MR) is 151 cm³/mol. The average Bonchev–Trinajstić information content (AvgIpc) is 3.70. The van der Waals surface area contributed by atoms with Gasteiger partial charge in [0.1, 0.15) is 30.0 Å². The summed E-state index contributed by atoms with van der Waals surface area (Å²) in [6.07, 6.45) is 4.63. The van der Waals surface area contributed by atoms with E-state index in [2.05, 4.69) is 20.3 Å². The number of aromatic nitrogens is 3. The van der Waals surface area contributed by atoms with Gasteiger partial charge in [0, 0.05) is 42.7 Å². The standard InChI is InChI=1S/C29H37ClN6O3/c1-18-27(19(2)39-34-18)25-13-26(36-16-29(17-36)8-10-35(11-9-29)20-4-5-20)33-28(32-25)23-12-22(6-7-24(23)30)38-15-21(37)14-31-3/h6-7,12-13,20-21,31,37H,4-5,8-11,14-17H2,1-3H3/t21-/m0/s1. The maximum Gasteiger partial charge on any atom is 0.163 e. The third-order valence-corrected chi connectivity index (χ3v) is 8.69. The maximum absolute atomic E-state index is 10.1. The molecule has 4 heterocycles. The van der Waals surface area contributed by atoms with E-state index in [1.54, 1.807) is 19.2 Å². The highest BCUT2D eigenvalue weighted by Gasteiger charge is 2.47. The van der Waals surface area contributed by atoms with Gasteiger partial charge in [-0.2, -0.15) is 0 Å². The molecule has 1 aliphatic carbocycles. The number of likely N-dealkylation sites (tertiary alicyclic amines) is 1. The van der Waals surface area contributed by atoms with Gasteiger partial charge in [0.2, 0.25) is 0 Å². The summed E-state index contributed by atoms with van der Waals surface area (Å²) < 4.78 is 11.3. The van der Waals surface area contributed by atoms with E-state index < -0.39 is 6.10 Å². The molecule has 2 aromatic heterocycles. The lowest BCUT2D eigenvalue weighted by molar-refractivity contribution is 0.0717. The van der Waals surface area contributed by atoms with E-state index in [0.29, 0.717) is 34.1 Å². The zero-order valence-electron chi connectivity index (χ0n) is 22.9. The molecule has 1 spiro atoms. The number of rotatable bonds is 9. The van der Waals surface area contributed by atoms with Crippen molar-refractivity contribution in [2.75, 3.05) is 51.3 Å². The predicted octanol–water partition coefficient (Wildman–Crippen LogP) is 4.09. The number of likely N-dealkylation sites (N-methyl/N-ethyl adjacent to an activating group) is 1. The smallest absolute Gasteiger partial charge is 0.163 e. The van der Waals surface area contributed by atoms with Gasteiger partial charge in [0.05, 0.1) is 22.0 Å². The van der Waals surface area contributed by atoms with Gasteiger partial charge >= 0.3 is 0 Å².